The molecule has 0 saturated carbocycles. The molecular weight excluding hydrogens is 310 g/mol. The lowest BCUT2D eigenvalue weighted by atomic mass is 10.1. The van der Waals surface area contributed by atoms with Crippen molar-refractivity contribution < 1.29 is 9.47 Å². The normalized spacial score (nSPS) is 11.6. The van der Waals surface area contributed by atoms with Crippen molar-refractivity contribution in [1.29, 1.82) is 5.26 Å². The minimum absolute atomic E-state index is 0.0339. The second-order valence-corrected chi connectivity index (χ2v) is 5.40. The molecule has 0 aliphatic carbocycles. The Balaban J connectivity index is 2.24. The lowest BCUT2D eigenvalue weighted by Crippen LogP contribution is -2.07. The van der Waals surface area contributed by atoms with E-state index < -0.39 is 0 Å². The van der Waals surface area contributed by atoms with Crippen molar-refractivity contribution in [3.8, 4) is 17.6 Å². The smallest absolute Gasteiger partial charge is 0.162 e. The molecule has 1 aromatic heterocycles. The van der Waals surface area contributed by atoms with E-state index in [0.717, 1.165) is 5.56 Å². The van der Waals surface area contributed by atoms with Gasteiger partial charge in [0.05, 0.1) is 14.2 Å². The maximum atomic E-state index is 9.08. The van der Waals surface area contributed by atoms with Gasteiger partial charge in [-0.3, -0.25) is 0 Å². The maximum Gasteiger partial charge on any atom is 0.162 e. The van der Waals surface area contributed by atoms with Crippen LogP contribution >= 0.6 is 23.1 Å². The first-order chi connectivity index (χ1) is 10.1. The molecule has 0 aliphatic rings. The number of benzene rings is 1. The van der Waals surface area contributed by atoms with Crippen LogP contribution in [-0.4, -0.2) is 18.6 Å². The van der Waals surface area contributed by atoms with Gasteiger partial charge in [-0.25, -0.2) is 0 Å². The average molecular weight is 324 g/mol. The number of ether oxygens (including phenoxy) is 2. The Labute approximate surface area is 132 Å². The van der Waals surface area contributed by atoms with Gasteiger partial charge in [0.1, 0.15) is 16.6 Å². The first-order valence-electron chi connectivity index (χ1n) is 6.14. The zero-order valence-electron chi connectivity index (χ0n) is 11.8. The van der Waals surface area contributed by atoms with Gasteiger partial charge in [-0.15, -0.1) is 0 Å². The Morgan fingerprint density at radius 3 is 2.67 bits per heavy atom. The molecule has 0 bridgehead atoms. The molecule has 0 radical (unpaired) electrons. The maximum absolute atomic E-state index is 9.08. The molecule has 0 aliphatic heterocycles. The van der Waals surface area contributed by atoms with Gasteiger partial charge >= 0.3 is 0 Å². The van der Waals surface area contributed by atoms with E-state index in [0.29, 0.717) is 22.1 Å². The van der Waals surface area contributed by atoms with Crippen molar-refractivity contribution in [2.75, 3.05) is 19.5 Å². The predicted octanol–water partition coefficient (Wildman–Crippen LogP) is 3.86. The third kappa shape index (κ3) is 3.20. The predicted molar refractivity (Wildman–Crippen MR) is 83.4 cm³/mol. The Morgan fingerprint density at radius 2 is 2.05 bits per heavy atom. The van der Waals surface area contributed by atoms with Crippen LogP contribution in [-0.2, 0) is 0 Å². The summed E-state index contributed by atoms with van der Waals surface area (Å²) in [6.45, 7) is 1.98. The van der Waals surface area contributed by atoms with Crippen molar-refractivity contribution in [1.82, 2.24) is 4.37 Å². The fourth-order valence-corrected chi connectivity index (χ4v) is 2.89. The summed E-state index contributed by atoms with van der Waals surface area (Å²) < 4.78 is 14.5. The van der Waals surface area contributed by atoms with Crippen LogP contribution in [0.25, 0.3) is 0 Å². The van der Waals surface area contributed by atoms with E-state index in [-0.39, 0.29) is 11.2 Å². The summed E-state index contributed by atoms with van der Waals surface area (Å²) in [7, 11) is 3.19. The van der Waals surface area contributed by atoms with Gasteiger partial charge in [0.25, 0.3) is 0 Å². The van der Waals surface area contributed by atoms with Gasteiger partial charge in [-0.1, -0.05) is 17.7 Å². The summed E-state index contributed by atoms with van der Waals surface area (Å²) in [6, 6.07) is 7.69. The van der Waals surface area contributed by atoms with E-state index >= 15 is 0 Å². The monoisotopic (exact) mass is 323 g/mol. The van der Waals surface area contributed by atoms with Gasteiger partial charge in [0.15, 0.2) is 16.7 Å². The van der Waals surface area contributed by atoms with Crippen molar-refractivity contribution in [3.05, 3.63) is 34.5 Å². The molecule has 0 spiro atoms. The highest BCUT2D eigenvalue weighted by molar-refractivity contribution is 7.10. The summed E-state index contributed by atoms with van der Waals surface area (Å²) in [5.74, 6) is 1.33. The summed E-state index contributed by atoms with van der Waals surface area (Å²) in [5.41, 5.74) is 1.37. The summed E-state index contributed by atoms with van der Waals surface area (Å²) in [6.07, 6.45) is 0. The molecule has 1 N–H and O–H groups in total. The standard InChI is InChI=1S/C14H14ClN3O2S/c1-8(17-14-10(7-16)13(15)18-21-14)9-4-5-11(19-2)12(6-9)20-3/h4-6,8,17H,1-3H3/t8-/m0/s1. The highest BCUT2D eigenvalue weighted by atomic mass is 35.5. The van der Waals surface area contributed by atoms with Gasteiger partial charge in [-0.05, 0) is 36.2 Å². The molecule has 0 amide bonds. The van der Waals surface area contributed by atoms with Crippen molar-refractivity contribution in [3.63, 3.8) is 0 Å². The highest BCUT2D eigenvalue weighted by Crippen LogP contribution is 2.33. The van der Waals surface area contributed by atoms with Gasteiger partial charge in [0, 0.05) is 6.04 Å². The SMILES string of the molecule is COc1ccc([C@H](C)Nc2snc(Cl)c2C#N)cc1OC. The Morgan fingerprint density at radius 1 is 1.33 bits per heavy atom. The molecule has 1 heterocycles. The number of nitrogens with one attached hydrogen (secondary N) is 1. The third-order valence-electron chi connectivity index (χ3n) is 3.02. The van der Waals surface area contributed by atoms with E-state index in [1.54, 1.807) is 14.2 Å². The number of nitriles is 1. The van der Waals surface area contributed by atoms with E-state index in [9.17, 15) is 0 Å². The third-order valence-corrected chi connectivity index (χ3v) is 4.17. The zero-order valence-corrected chi connectivity index (χ0v) is 13.4. The molecule has 110 valence electrons. The van der Waals surface area contributed by atoms with Crippen molar-refractivity contribution in [2.45, 2.75) is 13.0 Å². The topological polar surface area (TPSA) is 67.2 Å². The van der Waals surface area contributed by atoms with Crippen LogP contribution in [0.15, 0.2) is 18.2 Å². The second-order valence-electron chi connectivity index (χ2n) is 4.27. The molecule has 0 saturated heterocycles. The van der Waals surface area contributed by atoms with Gasteiger partial charge in [0.2, 0.25) is 0 Å². The lowest BCUT2D eigenvalue weighted by Gasteiger charge is -2.16. The molecule has 1 atom stereocenters. The van der Waals surface area contributed by atoms with Crippen LogP contribution in [0.4, 0.5) is 5.00 Å². The molecule has 2 aromatic rings. The number of anilines is 1. The highest BCUT2D eigenvalue weighted by Gasteiger charge is 2.16. The summed E-state index contributed by atoms with van der Waals surface area (Å²) >= 11 is 7.03. The largest absolute Gasteiger partial charge is 0.493 e. The number of aromatic nitrogens is 1. The fraction of sp³-hybridized carbons (Fsp3) is 0.286. The first kappa shape index (κ1) is 15.4. The molecular formula is C14H14ClN3O2S. The second kappa shape index (κ2) is 6.66. The van der Waals surface area contributed by atoms with Crippen molar-refractivity contribution in [2.24, 2.45) is 0 Å². The fourth-order valence-electron chi connectivity index (χ4n) is 1.87. The summed E-state index contributed by atoms with van der Waals surface area (Å²) in [4.78, 5) is 0. The lowest BCUT2D eigenvalue weighted by molar-refractivity contribution is 0.354. The number of methoxy groups -OCH3 is 2. The number of hydrogen-bond donors (Lipinski definition) is 1. The molecule has 5 nitrogen and oxygen atoms in total. The minimum Gasteiger partial charge on any atom is -0.493 e. The Bertz CT molecular complexity index is 681. The molecule has 7 heteroatoms. The molecule has 0 fully saturated rings. The minimum atomic E-state index is -0.0339. The average Bonchev–Trinajstić information content (AvgIpc) is 2.86. The Hall–Kier alpha value is -1.97. The van der Waals surface area contributed by atoms with Gasteiger partial charge in [-0.2, -0.15) is 9.64 Å². The van der Waals surface area contributed by atoms with E-state index in [1.165, 1.54) is 11.5 Å². The molecule has 21 heavy (non-hydrogen) atoms. The van der Waals surface area contributed by atoms with Crippen LogP contribution in [0, 0.1) is 11.3 Å². The molecule has 1 aromatic carbocycles. The number of nitrogens with zero attached hydrogens (tertiary/aromatic N) is 2. The van der Waals surface area contributed by atoms with Gasteiger partial charge < -0.3 is 14.8 Å². The number of rotatable bonds is 5. The van der Waals surface area contributed by atoms with Crippen LogP contribution in [0.1, 0.15) is 24.1 Å². The Kier molecular flexibility index (Phi) is 4.89. The van der Waals surface area contributed by atoms with Crippen LogP contribution < -0.4 is 14.8 Å². The van der Waals surface area contributed by atoms with Crippen LogP contribution in [0.2, 0.25) is 5.15 Å². The molecule has 0 unspecified atom stereocenters. The molecule has 2 rings (SSSR count). The quantitative estimate of drug-likeness (QED) is 0.905. The van der Waals surface area contributed by atoms with E-state index in [4.69, 9.17) is 26.3 Å². The zero-order chi connectivity index (χ0) is 15.4. The van der Waals surface area contributed by atoms with E-state index in [2.05, 4.69) is 15.8 Å². The number of halogens is 1. The van der Waals surface area contributed by atoms with Crippen LogP contribution in [0.5, 0.6) is 11.5 Å². The van der Waals surface area contributed by atoms with E-state index in [1.807, 2.05) is 25.1 Å². The first-order valence-corrected chi connectivity index (χ1v) is 7.29. The van der Waals surface area contributed by atoms with Crippen LogP contribution in [0.3, 0.4) is 0 Å². The summed E-state index contributed by atoms with van der Waals surface area (Å²) in [5, 5.41) is 13.2. The number of hydrogen-bond acceptors (Lipinski definition) is 6. The van der Waals surface area contributed by atoms with Crippen molar-refractivity contribution >= 4 is 28.1 Å².